The average Bonchev–Trinajstić information content (AvgIpc) is 2.19. The number of anilines is 1. The van der Waals surface area contributed by atoms with E-state index in [1.54, 1.807) is 18.2 Å². The molecule has 15 heavy (non-hydrogen) atoms. The van der Waals surface area contributed by atoms with Gasteiger partial charge in [0.1, 0.15) is 7.14 Å². The van der Waals surface area contributed by atoms with Crippen LogP contribution in [0.15, 0.2) is 49.6 Å². The van der Waals surface area contributed by atoms with E-state index < -0.39 is 7.14 Å². The maximum Gasteiger partial charge on any atom is 0.124 e. The summed E-state index contributed by atoms with van der Waals surface area (Å²) in [6, 6.07) is 7.28. The minimum Gasteiger partial charge on any atom is -0.398 e. The zero-order valence-electron chi connectivity index (χ0n) is 8.73. The number of allylic oxidation sites excluding steroid dienone is 2. The second-order valence-electron chi connectivity index (χ2n) is 3.39. The molecule has 2 N–H and O–H groups in total. The molecule has 0 heterocycles. The monoisotopic (exact) mass is 221 g/mol. The fraction of sp³-hybridized carbons (Fsp3) is 0.167. The molecule has 0 unspecified atom stereocenters. The third-order valence-electron chi connectivity index (χ3n) is 2.22. The van der Waals surface area contributed by atoms with E-state index in [0.29, 0.717) is 18.0 Å². The molecule has 0 aromatic heterocycles. The van der Waals surface area contributed by atoms with Crippen LogP contribution in [-0.2, 0) is 4.57 Å². The van der Waals surface area contributed by atoms with Crippen LogP contribution in [0.4, 0.5) is 5.69 Å². The molecule has 1 aromatic carbocycles. The van der Waals surface area contributed by atoms with Gasteiger partial charge in [-0.25, -0.2) is 0 Å². The van der Waals surface area contributed by atoms with Gasteiger partial charge in [-0.05, 0) is 12.1 Å². The molecule has 0 amide bonds. The van der Waals surface area contributed by atoms with Gasteiger partial charge in [-0.3, -0.25) is 0 Å². The van der Waals surface area contributed by atoms with Gasteiger partial charge >= 0.3 is 0 Å². The quantitative estimate of drug-likeness (QED) is 0.472. The van der Waals surface area contributed by atoms with Gasteiger partial charge in [-0.15, -0.1) is 13.2 Å². The molecule has 1 rings (SSSR count). The normalized spacial score (nSPS) is 10.9. The van der Waals surface area contributed by atoms with Crippen LogP contribution in [0.25, 0.3) is 0 Å². The number of benzene rings is 1. The third-order valence-corrected chi connectivity index (χ3v) is 5.21. The molecule has 0 fully saturated rings. The van der Waals surface area contributed by atoms with Gasteiger partial charge in [0, 0.05) is 23.3 Å². The lowest BCUT2D eigenvalue weighted by Gasteiger charge is -2.16. The Bertz CT molecular complexity index is 398. The van der Waals surface area contributed by atoms with E-state index in [-0.39, 0.29) is 0 Å². The lowest BCUT2D eigenvalue weighted by atomic mass is 10.3. The number of hydrogen-bond donors (Lipinski definition) is 1. The summed E-state index contributed by atoms with van der Waals surface area (Å²) in [6.45, 7) is 7.27. The lowest BCUT2D eigenvalue weighted by molar-refractivity contribution is 0.585. The van der Waals surface area contributed by atoms with Gasteiger partial charge in [0.05, 0.1) is 0 Å². The van der Waals surface area contributed by atoms with Crippen molar-refractivity contribution in [2.45, 2.75) is 0 Å². The number of hydrogen-bond acceptors (Lipinski definition) is 2. The van der Waals surface area contributed by atoms with Crippen LogP contribution < -0.4 is 11.0 Å². The van der Waals surface area contributed by atoms with Crippen LogP contribution in [0.5, 0.6) is 0 Å². The molecule has 80 valence electrons. The molecule has 0 aliphatic rings. The van der Waals surface area contributed by atoms with Crippen LogP contribution in [0.1, 0.15) is 0 Å². The number of nitrogens with two attached hydrogens (primary N) is 1. The standard InChI is InChI=1S/C12H16NOP/c1-3-9-15(14,10-4-2)12-8-6-5-7-11(12)13/h3-8H,1-2,9-10,13H2. The van der Waals surface area contributed by atoms with Crippen LogP contribution in [0.3, 0.4) is 0 Å². The first kappa shape index (κ1) is 11.8. The zero-order chi connectivity index (χ0) is 11.3. The predicted molar refractivity (Wildman–Crippen MR) is 68.2 cm³/mol. The van der Waals surface area contributed by atoms with Crippen molar-refractivity contribution in [3.05, 3.63) is 49.6 Å². The molecular weight excluding hydrogens is 205 g/mol. The molecule has 3 heteroatoms. The summed E-state index contributed by atoms with van der Waals surface area (Å²) >= 11 is 0. The van der Waals surface area contributed by atoms with E-state index in [9.17, 15) is 4.57 Å². The maximum absolute atomic E-state index is 12.6. The van der Waals surface area contributed by atoms with Gasteiger partial charge in [-0.2, -0.15) is 0 Å². The molecule has 0 aliphatic carbocycles. The van der Waals surface area contributed by atoms with E-state index in [1.165, 1.54) is 0 Å². The highest BCUT2D eigenvalue weighted by atomic mass is 31.2. The highest BCUT2D eigenvalue weighted by molar-refractivity contribution is 7.72. The molecule has 0 bridgehead atoms. The predicted octanol–water partition coefficient (Wildman–Crippen LogP) is 2.63. The second kappa shape index (κ2) is 4.99. The minimum absolute atomic E-state index is 0.466. The van der Waals surface area contributed by atoms with Crippen LogP contribution in [-0.4, -0.2) is 12.3 Å². The molecule has 0 spiro atoms. The Hall–Kier alpha value is -1.27. The van der Waals surface area contributed by atoms with Crippen LogP contribution in [0.2, 0.25) is 0 Å². The smallest absolute Gasteiger partial charge is 0.124 e. The summed E-state index contributed by atoms with van der Waals surface area (Å²) in [5.74, 6) is 0. The van der Waals surface area contributed by atoms with Crippen molar-refractivity contribution < 1.29 is 4.57 Å². The summed E-state index contributed by atoms with van der Waals surface area (Å²) in [7, 11) is -2.47. The van der Waals surface area contributed by atoms with E-state index in [0.717, 1.165) is 5.30 Å². The largest absolute Gasteiger partial charge is 0.398 e. The van der Waals surface area contributed by atoms with Gasteiger partial charge in [0.2, 0.25) is 0 Å². The molecule has 2 nitrogen and oxygen atoms in total. The van der Waals surface area contributed by atoms with Gasteiger partial charge in [0.15, 0.2) is 0 Å². The van der Waals surface area contributed by atoms with Gasteiger partial charge in [-0.1, -0.05) is 24.3 Å². The summed E-state index contributed by atoms with van der Waals surface area (Å²) < 4.78 is 12.6. The summed E-state index contributed by atoms with van der Waals surface area (Å²) in [5, 5.41) is 0.741. The van der Waals surface area contributed by atoms with Crippen molar-refractivity contribution >= 4 is 18.1 Å². The van der Waals surface area contributed by atoms with Gasteiger partial charge in [0.25, 0.3) is 0 Å². The fourth-order valence-electron chi connectivity index (χ4n) is 1.55. The number of rotatable bonds is 5. The third kappa shape index (κ3) is 2.60. The van der Waals surface area contributed by atoms with Crippen molar-refractivity contribution in [1.29, 1.82) is 0 Å². The molecule has 0 atom stereocenters. The first-order valence-corrected chi connectivity index (χ1v) is 6.86. The Kier molecular flexibility index (Phi) is 3.93. The SMILES string of the molecule is C=CCP(=O)(CC=C)c1ccccc1N. The number of nitrogen functional groups attached to an aromatic ring is 1. The maximum atomic E-state index is 12.6. The number of para-hydroxylation sites is 1. The van der Waals surface area contributed by atoms with Crippen molar-refractivity contribution in [3.8, 4) is 0 Å². The highest BCUT2D eigenvalue weighted by Gasteiger charge is 2.23. The van der Waals surface area contributed by atoms with Crippen LogP contribution in [0, 0.1) is 0 Å². The highest BCUT2D eigenvalue weighted by Crippen LogP contribution is 2.45. The van der Waals surface area contributed by atoms with E-state index >= 15 is 0 Å². The zero-order valence-corrected chi connectivity index (χ0v) is 9.62. The first-order valence-electron chi connectivity index (χ1n) is 4.79. The Morgan fingerprint density at radius 1 is 1.20 bits per heavy atom. The second-order valence-corrected chi connectivity index (χ2v) is 6.38. The van der Waals surface area contributed by atoms with Crippen molar-refractivity contribution in [2.24, 2.45) is 0 Å². The summed E-state index contributed by atoms with van der Waals surface area (Å²) in [6.07, 6.45) is 4.29. The lowest BCUT2D eigenvalue weighted by Crippen LogP contribution is -2.13. The molecule has 0 radical (unpaired) electrons. The molecule has 0 saturated carbocycles. The Morgan fingerprint density at radius 3 is 2.20 bits per heavy atom. The van der Waals surface area contributed by atoms with Crippen molar-refractivity contribution in [2.75, 3.05) is 18.1 Å². The average molecular weight is 221 g/mol. The molecule has 0 aliphatic heterocycles. The summed E-state index contributed by atoms with van der Waals surface area (Å²) in [5.41, 5.74) is 6.41. The molecular formula is C12H16NOP. The first-order chi connectivity index (χ1) is 7.14. The summed E-state index contributed by atoms with van der Waals surface area (Å²) in [4.78, 5) is 0. The minimum atomic E-state index is -2.47. The van der Waals surface area contributed by atoms with Gasteiger partial charge < -0.3 is 10.3 Å². The topological polar surface area (TPSA) is 43.1 Å². The Morgan fingerprint density at radius 2 is 1.73 bits per heavy atom. The van der Waals surface area contributed by atoms with Crippen molar-refractivity contribution in [3.63, 3.8) is 0 Å². The Labute approximate surface area is 90.9 Å². The fourth-order valence-corrected chi connectivity index (χ4v) is 3.83. The van der Waals surface area contributed by atoms with Crippen molar-refractivity contribution in [1.82, 2.24) is 0 Å². The van der Waals surface area contributed by atoms with E-state index in [1.807, 2.05) is 18.2 Å². The Balaban J connectivity index is 3.20. The van der Waals surface area contributed by atoms with Crippen LogP contribution >= 0.6 is 7.14 Å². The molecule has 1 aromatic rings. The van der Waals surface area contributed by atoms with E-state index in [2.05, 4.69) is 13.2 Å². The molecule has 0 saturated heterocycles. The van der Waals surface area contributed by atoms with E-state index in [4.69, 9.17) is 5.73 Å².